The zero-order valence-corrected chi connectivity index (χ0v) is 12.5. The van der Waals surface area contributed by atoms with E-state index in [0.29, 0.717) is 6.54 Å². The first-order chi connectivity index (χ1) is 11.0. The van der Waals surface area contributed by atoms with E-state index in [0.717, 1.165) is 22.3 Å². The van der Waals surface area contributed by atoms with Crippen molar-refractivity contribution in [2.45, 2.75) is 13.5 Å². The Hall–Kier alpha value is -2.95. The molecule has 3 aromatic rings. The summed E-state index contributed by atoms with van der Waals surface area (Å²) in [5.41, 5.74) is 3.85. The molecule has 116 valence electrons. The Morgan fingerprint density at radius 1 is 1.22 bits per heavy atom. The predicted octanol–water partition coefficient (Wildman–Crippen LogP) is 3.74. The molecule has 0 aliphatic carbocycles. The third-order valence-electron chi connectivity index (χ3n) is 3.69. The SMILES string of the molecule is Cc1ccc(F)cc1-c1cnn(Cc2ccc(C(=O)O)cc2)c1. The molecule has 0 fully saturated rings. The van der Waals surface area contributed by atoms with Crippen LogP contribution in [0.4, 0.5) is 4.39 Å². The first-order valence-corrected chi connectivity index (χ1v) is 7.14. The molecular weight excluding hydrogens is 295 g/mol. The van der Waals surface area contributed by atoms with E-state index in [9.17, 15) is 9.18 Å². The monoisotopic (exact) mass is 310 g/mol. The highest BCUT2D eigenvalue weighted by atomic mass is 19.1. The summed E-state index contributed by atoms with van der Waals surface area (Å²) < 4.78 is 15.2. The fourth-order valence-electron chi connectivity index (χ4n) is 2.43. The third kappa shape index (κ3) is 3.29. The van der Waals surface area contributed by atoms with Crippen molar-refractivity contribution in [2.75, 3.05) is 0 Å². The van der Waals surface area contributed by atoms with Crippen LogP contribution in [0.25, 0.3) is 11.1 Å². The topological polar surface area (TPSA) is 55.1 Å². The molecule has 0 saturated carbocycles. The number of hydrogen-bond donors (Lipinski definition) is 1. The van der Waals surface area contributed by atoms with Gasteiger partial charge in [-0.1, -0.05) is 18.2 Å². The second kappa shape index (κ2) is 6.04. The van der Waals surface area contributed by atoms with Gasteiger partial charge in [-0.15, -0.1) is 0 Å². The maximum Gasteiger partial charge on any atom is 0.335 e. The Balaban J connectivity index is 1.82. The van der Waals surface area contributed by atoms with E-state index in [1.54, 1.807) is 41.2 Å². The van der Waals surface area contributed by atoms with E-state index < -0.39 is 5.97 Å². The summed E-state index contributed by atoms with van der Waals surface area (Å²) in [5, 5.41) is 13.2. The van der Waals surface area contributed by atoms with Gasteiger partial charge >= 0.3 is 5.97 Å². The molecule has 0 unspecified atom stereocenters. The van der Waals surface area contributed by atoms with Crippen LogP contribution in [0.5, 0.6) is 0 Å². The summed E-state index contributed by atoms with van der Waals surface area (Å²) in [6.07, 6.45) is 3.56. The van der Waals surface area contributed by atoms with Crippen molar-refractivity contribution in [3.63, 3.8) is 0 Å². The summed E-state index contributed by atoms with van der Waals surface area (Å²) in [6, 6.07) is 11.3. The highest BCUT2D eigenvalue weighted by Gasteiger charge is 2.07. The van der Waals surface area contributed by atoms with Gasteiger partial charge in [-0.2, -0.15) is 5.10 Å². The lowest BCUT2D eigenvalue weighted by molar-refractivity contribution is 0.0697. The smallest absolute Gasteiger partial charge is 0.335 e. The first kappa shape index (κ1) is 15.0. The molecule has 0 spiro atoms. The summed E-state index contributed by atoms with van der Waals surface area (Å²) >= 11 is 0. The molecule has 0 amide bonds. The van der Waals surface area contributed by atoms with Gasteiger partial charge in [-0.05, 0) is 47.9 Å². The molecule has 1 heterocycles. The van der Waals surface area contributed by atoms with E-state index >= 15 is 0 Å². The van der Waals surface area contributed by atoms with Crippen LogP contribution in [-0.4, -0.2) is 20.9 Å². The molecule has 1 aromatic heterocycles. The van der Waals surface area contributed by atoms with Gasteiger partial charge in [0.1, 0.15) is 5.82 Å². The fraction of sp³-hybridized carbons (Fsp3) is 0.111. The number of carbonyl (C=O) groups is 1. The van der Waals surface area contributed by atoms with Gasteiger partial charge in [0.05, 0.1) is 18.3 Å². The number of halogens is 1. The number of rotatable bonds is 4. The lowest BCUT2D eigenvalue weighted by Crippen LogP contribution is -2.01. The van der Waals surface area contributed by atoms with Crippen molar-refractivity contribution in [1.29, 1.82) is 0 Å². The van der Waals surface area contributed by atoms with Crippen LogP contribution in [0.1, 0.15) is 21.5 Å². The average molecular weight is 310 g/mol. The number of benzene rings is 2. The summed E-state index contributed by atoms with van der Waals surface area (Å²) in [5.74, 6) is -1.22. The van der Waals surface area contributed by atoms with Crippen LogP contribution in [-0.2, 0) is 6.54 Å². The lowest BCUT2D eigenvalue weighted by atomic mass is 10.0. The molecule has 0 radical (unpaired) electrons. The summed E-state index contributed by atoms with van der Waals surface area (Å²) in [7, 11) is 0. The van der Waals surface area contributed by atoms with Crippen LogP contribution >= 0.6 is 0 Å². The standard InChI is InChI=1S/C18H15FN2O2/c1-12-2-7-16(19)8-17(12)15-9-20-21(11-15)10-13-3-5-14(6-4-13)18(22)23/h2-9,11H,10H2,1H3,(H,22,23). The Bertz CT molecular complexity index is 854. The zero-order chi connectivity index (χ0) is 16.4. The van der Waals surface area contributed by atoms with E-state index in [4.69, 9.17) is 5.11 Å². The molecule has 0 aliphatic heterocycles. The van der Waals surface area contributed by atoms with Gasteiger partial charge in [-0.25, -0.2) is 9.18 Å². The maximum absolute atomic E-state index is 13.4. The molecule has 0 atom stereocenters. The molecule has 0 aliphatic rings. The van der Waals surface area contributed by atoms with Crippen molar-refractivity contribution in [1.82, 2.24) is 9.78 Å². The quantitative estimate of drug-likeness (QED) is 0.798. The number of aromatic nitrogens is 2. The highest BCUT2D eigenvalue weighted by molar-refractivity contribution is 5.87. The predicted molar refractivity (Wildman–Crippen MR) is 84.9 cm³/mol. The summed E-state index contributed by atoms with van der Waals surface area (Å²) in [4.78, 5) is 10.8. The minimum Gasteiger partial charge on any atom is -0.478 e. The van der Waals surface area contributed by atoms with Gasteiger partial charge < -0.3 is 5.11 Å². The fourth-order valence-corrected chi connectivity index (χ4v) is 2.43. The largest absolute Gasteiger partial charge is 0.478 e. The second-order valence-electron chi connectivity index (χ2n) is 5.39. The molecule has 1 N–H and O–H groups in total. The Kier molecular flexibility index (Phi) is 3.93. The van der Waals surface area contributed by atoms with Crippen LogP contribution < -0.4 is 0 Å². The van der Waals surface area contributed by atoms with Crippen LogP contribution in [0.3, 0.4) is 0 Å². The molecule has 5 heteroatoms. The third-order valence-corrected chi connectivity index (χ3v) is 3.69. The van der Waals surface area contributed by atoms with Crippen LogP contribution in [0, 0.1) is 12.7 Å². The van der Waals surface area contributed by atoms with Gasteiger partial charge in [0.15, 0.2) is 0 Å². The van der Waals surface area contributed by atoms with E-state index in [-0.39, 0.29) is 11.4 Å². The number of aryl methyl sites for hydroxylation is 1. The number of carboxylic acid groups (broad SMARTS) is 1. The Morgan fingerprint density at radius 2 is 1.96 bits per heavy atom. The number of nitrogens with zero attached hydrogens (tertiary/aromatic N) is 2. The van der Waals surface area contributed by atoms with Crippen molar-refractivity contribution in [2.24, 2.45) is 0 Å². The molecule has 0 bridgehead atoms. The first-order valence-electron chi connectivity index (χ1n) is 7.14. The molecule has 0 saturated heterocycles. The average Bonchev–Trinajstić information content (AvgIpc) is 2.98. The van der Waals surface area contributed by atoms with Crippen LogP contribution in [0.2, 0.25) is 0 Å². The Morgan fingerprint density at radius 3 is 2.65 bits per heavy atom. The van der Waals surface area contributed by atoms with E-state index in [1.807, 2.05) is 13.1 Å². The molecule has 2 aromatic carbocycles. The minimum atomic E-state index is -0.945. The maximum atomic E-state index is 13.4. The van der Waals surface area contributed by atoms with Crippen molar-refractivity contribution >= 4 is 5.97 Å². The molecule has 23 heavy (non-hydrogen) atoms. The summed E-state index contributed by atoms with van der Waals surface area (Å²) in [6.45, 7) is 2.45. The van der Waals surface area contributed by atoms with E-state index in [2.05, 4.69) is 5.10 Å². The second-order valence-corrected chi connectivity index (χ2v) is 5.39. The minimum absolute atomic E-state index is 0.255. The van der Waals surface area contributed by atoms with Gasteiger partial charge in [0.25, 0.3) is 0 Å². The van der Waals surface area contributed by atoms with Gasteiger partial charge in [0.2, 0.25) is 0 Å². The molecular formula is C18H15FN2O2. The number of carboxylic acids is 1. The Labute approximate surface area is 132 Å². The molecule has 4 nitrogen and oxygen atoms in total. The normalized spacial score (nSPS) is 10.7. The van der Waals surface area contributed by atoms with Crippen molar-refractivity contribution in [3.8, 4) is 11.1 Å². The zero-order valence-electron chi connectivity index (χ0n) is 12.5. The number of hydrogen-bond acceptors (Lipinski definition) is 2. The lowest BCUT2D eigenvalue weighted by Gasteiger charge is -2.04. The van der Waals surface area contributed by atoms with Crippen LogP contribution in [0.15, 0.2) is 54.9 Å². The van der Waals surface area contributed by atoms with Gasteiger partial charge in [-0.3, -0.25) is 4.68 Å². The highest BCUT2D eigenvalue weighted by Crippen LogP contribution is 2.24. The number of aromatic carboxylic acids is 1. The molecule has 3 rings (SSSR count). The van der Waals surface area contributed by atoms with Gasteiger partial charge in [0, 0.05) is 11.8 Å². The van der Waals surface area contributed by atoms with Crippen molar-refractivity contribution < 1.29 is 14.3 Å². The van der Waals surface area contributed by atoms with Crippen molar-refractivity contribution in [3.05, 3.63) is 77.4 Å². The van der Waals surface area contributed by atoms with E-state index in [1.165, 1.54) is 12.1 Å².